The Kier molecular flexibility index (Phi) is 6.17. The standard InChI is InChI=1S/C11H21N3O8/c1-3-11(20)8(17)6(16)5(15)7(22-11)9(18)12-10(19)14(4-2)13-21/h5-9,15-18,20H,3-4H2,1-2H3,(H,12,19)/t5-,6-,7-,8+,9?,11-/m0/s1. The van der Waals surface area contributed by atoms with Gasteiger partial charge in [-0.1, -0.05) is 6.92 Å². The van der Waals surface area contributed by atoms with Gasteiger partial charge < -0.3 is 35.6 Å². The summed E-state index contributed by atoms with van der Waals surface area (Å²) in [6, 6.07) is -1.05. The predicted molar refractivity (Wildman–Crippen MR) is 70.8 cm³/mol. The fourth-order valence-corrected chi connectivity index (χ4v) is 2.09. The summed E-state index contributed by atoms with van der Waals surface area (Å²) in [5.41, 5.74) is 0. The van der Waals surface area contributed by atoms with Crippen LogP contribution < -0.4 is 5.32 Å². The Morgan fingerprint density at radius 3 is 2.41 bits per heavy atom. The number of nitrogens with zero attached hydrogens (tertiary/aromatic N) is 2. The van der Waals surface area contributed by atoms with Crippen LogP contribution >= 0.6 is 0 Å². The molecule has 2 amide bonds. The van der Waals surface area contributed by atoms with Gasteiger partial charge in [0.2, 0.25) is 0 Å². The highest BCUT2D eigenvalue weighted by Gasteiger charge is 2.53. The van der Waals surface area contributed by atoms with Gasteiger partial charge in [-0.25, -0.2) is 4.79 Å². The number of carbonyl (C=O) groups is 1. The predicted octanol–water partition coefficient (Wildman–Crippen LogP) is -2.40. The normalized spacial score (nSPS) is 36.5. The number of aliphatic hydroxyl groups is 5. The molecule has 0 saturated carbocycles. The average Bonchev–Trinajstić information content (AvgIpc) is 2.50. The number of ether oxygens (including phenoxy) is 1. The molecule has 0 radical (unpaired) electrons. The van der Waals surface area contributed by atoms with Crippen molar-refractivity contribution in [2.24, 2.45) is 5.29 Å². The van der Waals surface area contributed by atoms with E-state index in [1.807, 2.05) is 5.32 Å². The van der Waals surface area contributed by atoms with Crippen LogP contribution in [0.5, 0.6) is 0 Å². The van der Waals surface area contributed by atoms with Crippen LogP contribution in [-0.4, -0.2) is 79.5 Å². The third-order valence-corrected chi connectivity index (χ3v) is 3.53. The first-order valence-corrected chi connectivity index (χ1v) is 6.75. The second kappa shape index (κ2) is 7.26. The number of amides is 2. The molecule has 1 heterocycles. The van der Waals surface area contributed by atoms with Crippen molar-refractivity contribution in [3.05, 3.63) is 4.91 Å². The fraction of sp³-hybridized carbons (Fsp3) is 0.909. The quantitative estimate of drug-likeness (QED) is 0.184. The first-order valence-electron chi connectivity index (χ1n) is 6.75. The molecule has 0 aliphatic carbocycles. The van der Waals surface area contributed by atoms with Gasteiger partial charge in [0.15, 0.2) is 12.0 Å². The maximum absolute atomic E-state index is 11.6. The van der Waals surface area contributed by atoms with E-state index in [9.17, 15) is 35.2 Å². The fourth-order valence-electron chi connectivity index (χ4n) is 2.09. The summed E-state index contributed by atoms with van der Waals surface area (Å²) >= 11 is 0. The van der Waals surface area contributed by atoms with E-state index in [0.717, 1.165) is 0 Å². The highest BCUT2D eigenvalue weighted by Crippen LogP contribution is 2.31. The summed E-state index contributed by atoms with van der Waals surface area (Å²) < 4.78 is 5.03. The van der Waals surface area contributed by atoms with Crippen LogP contribution in [0.1, 0.15) is 20.3 Å². The minimum Gasteiger partial charge on any atom is -0.387 e. The lowest BCUT2D eigenvalue weighted by atomic mass is 9.90. The Hall–Kier alpha value is -1.37. The summed E-state index contributed by atoms with van der Waals surface area (Å²) in [5.74, 6) is -2.21. The maximum Gasteiger partial charge on any atom is 0.342 e. The number of nitroso groups, excluding NO2 is 1. The van der Waals surface area contributed by atoms with Crippen LogP contribution in [-0.2, 0) is 4.74 Å². The van der Waals surface area contributed by atoms with E-state index >= 15 is 0 Å². The van der Waals surface area contributed by atoms with Gasteiger partial charge >= 0.3 is 6.03 Å². The molecule has 1 aliphatic heterocycles. The first kappa shape index (κ1) is 18.7. The van der Waals surface area contributed by atoms with E-state index in [4.69, 9.17) is 4.74 Å². The largest absolute Gasteiger partial charge is 0.387 e. The van der Waals surface area contributed by atoms with Crippen molar-refractivity contribution < 1.29 is 35.1 Å². The van der Waals surface area contributed by atoms with Gasteiger partial charge in [0.1, 0.15) is 24.4 Å². The zero-order valence-electron chi connectivity index (χ0n) is 12.2. The molecule has 6 N–H and O–H groups in total. The van der Waals surface area contributed by atoms with Crippen LogP contribution in [0.3, 0.4) is 0 Å². The van der Waals surface area contributed by atoms with Gasteiger partial charge in [0.05, 0.1) is 5.29 Å². The minimum absolute atomic E-state index is 0.0592. The third kappa shape index (κ3) is 3.51. The molecule has 1 unspecified atom stereocenters. The molecular weight excluding hydrogens is 302 g/mol. The Morgan fingerprint density at radius 2 is 1.95 bits per heavy atom. The topological polar surface area (TPSA) is 172 Å². The molecule has 11 nitrogen and oxygen atoms in total. The molecule has 1 saturated heterocycles. The number of hydrogen-bond donors (Lipinski definition) is 6. The van der Waals surface area contributed by atoms with Gasteiger partial charge in [-0.2, -0.15) is 5.01 Å². The molecular formula is C11H21N3O8. The van der Waals surface area contributed by atoms with E-state index < -0.39 is 42.5 Å². The van der Waals surface area contributed by atoms with Gasteiger partial charge in [0.25, 0.3) is 0 Å². The second-order valence-electron chi connectivity index (χ2n) is 4.90. The van der Waals surface area contributed by atoms with E-state index in [1.165, 1.54) is 13.8 Å². The third-order valence-electron chi connectivity index (χ3n) is 3.53. The summed E-state index contributed by atoms with van der Waals surface area (Å²) in [4.78, 5) is 22.0. The van der Waals surface area contributed by atoms with Gasteiger partial charge in [-0.15, -0.1) is 4.91 Å². The Balaban J connectivity index is 2.85. The number of carbonyl (C=O) groups excluding carboxylic acids is 1. The smallest absolute Gasteiger partial charge is 0.342 e. The molecule has 22 heavy (non-hydrogen) atoms. The van der Waals surface area contributed by atoms with E-state index in [-0.39, 0.29) is 13.0 Å². The van der Waals surface area contributed by atoms with Crippen molar-refractivity contribution in [3.8, 4) is 0 Å². The van der Waals surface area contributed by atoms with Crippen LogP contribution in [0.4, 0.5) is 4.79 Å². The molecule has 0 aromatic carbocycles. The zero-order valence-corrected chi connectivity index (χ0v) is 12.2. The van der Waals surface area contributed by atoms with Crippen molar-refractivity contribution in [1.29, 1.82) is 0 Å². The summed E-state index contributed by atoms with van der Waals surface area (Å²) in [6.45, 7) is 2.86. The van der Waals surface area contributed by atoms with Crippen molar-refractivity contribution >= 4 is 6.03 Å². The molecule has 1 rings (SSSR count). The average molecular weight is 323 g/mol. The van der Waals surface area contributed by atoms with E-state index in [1.54, 1.807) is 0 Å². The molecule has 0 aromatic rings. The summed E-state index contributed by atoms with van der Waals surface area (Å²) in [7, 11) is 0. The molecule has 0 spiro atoms. The number of rotatable bonds is 5. The Labute approximate surface area is 126 Å². The molecule has 1 aliphatic rings. The lowest BCUT2D eigenvalue weighted by Crippen LogP contribution is -2.68. The monoisotopic (exact) mass is 323 g/mol. The van der Waals surface area contributed by atoms with E-state index in [0.29, 0.717) is 5.01 Å². The van der Waals surface area contributed by atoms with Crippen molar-refractivity contribution in [1.82, 2.24) is 10.3 Å². The molecule has 1 fully saturated rings. The van der Waals surface area contributed by atoms with Crippen molar-refractivity contribution in [3.63, 3.8) is 0 Å². The Bertz CT molecular complexity index is 411. The SMILES string of the molecule is CCN(N=O)C(=O)NC(O)[C@H]1O[C@@](O)(CC)[C@H](O)[C@@H](O)[C@@H]1O. The zero-order chi connectivity index (χ0) is 17.1. The highest BCUT2D eigenvalue weighted by molar-refractivity contribution is 5.73. The first-order chi connectivity index (χ1) is 10.2. The lowest BCUT2D eigenvalue weighted by Gasteiger charge is -2.46. The van der Waals surface area contributed by atoms with Gasteiger partial charge in [0, 0.05) is 13.0 Å². The number of urea groups is 1. The Morgan fingerprint density at radius 1 is 1.36 bits per heavy atom. The van der Waals surface area contributed by atoms with Crippen molar-refractivity contribution in [2.75, 3.05) is 6.54 Å². The van der Waals surface area contributed by atoms with Gasteiger partial charge in [-0.3, -0.25) is 0 Å². The minimum atomic E-state index is -2.21. The number of aliphatic hydroxyl groups excluding tert-OH is 4. The number of hydrogen-bond acceptors (Lipinski definition) is 9. The highest BCUT2D eigenvalue weighted by atomic mass is 16.7. The number of nitrogens with one attached hydrogen (secondary N) is 1. The van der Waals surface area contributed by atoms with Crippen LogP contribution in [0, 0.1) is 4.91 Å². The second-order valence-corrected chi connectivity index (χ2v) is 4.90. The maximum atomic E-state index is 11.6. The van der Waals surface area contributed by atoms with Crippen molar-refractivity contribution in [2.45, 2.75) is 56.7 Å². The van der Waals surface area contributed by atoms with Crippen LogP contribution in [0.15, 0.2) is 5.29 Å². The van der Waals surface area contributed by atoms with Crippen LogP contribution in [0.25, 0.3) is 0 Å². The van der Waals surface area contributed by atoms with Gasteiger partial charge in [-0.05, 0) is 6.92 Å². The summed E-state index contributed by atoms with van der Waals surface area (Å²) in [5, 5.41) is 54.0. The molecule has 11 heteroatoms. The van der Waals surface area contributed by atoms with Crippen LogP contribution in [0.2, 0.25) is 0 Å². The lowest BCUT2D eigenvalue weighted by molar-refractivity contribution is -0.358. The molecule has 6 atom stereocenters. The molecule has 0 aromatic heterocycles. The summed E-state index contributed by atoms with van der Waals surface area (Å²) in [6.07, 6.45) is -9.02. The molecule has 0 bridgehead atoms. The molecule has 128 valence electrons. The van der Waals surface area contributed by atoms with E-state index in [2.05, 4.69) is 5.29 Å².